The van der Waals surface area contributed by atoms with Crippen LogP contribution < -0.4 is 0 Å². The zero-order chi connectivity index (χ0) is 10.3. The van der Waals surface area contributed by atoms with Crippen LogP contribution in [0, 0.1) is 12.7 Å². The molecule has 4 heteroatoms. The molecule has 1 fully saturated rings. The fourth-order valence-corrected chi connectivity index (χ4v) is 2.09. The molecule has 14 heavy (non-hydrogen) atoms. The van der Waals surface area contributed by atoms with Gasteiger partial charge in [0.05, 0.1) is 13.2 Å². The topological polar surface area (TPSA) is 29.5 Å². The highest BCUT2D eigenvalue weighted by molar-refractivity contribution is 9.10. The summed E-state index contributed by atoms with van der Waals surface area (Å²) in [5, 5.41) is 9.93. The second-order valence-corrected chi connectivity index (χ2v) is 4.52. The molecule has 0 amide bonds. The first-order valence-corrected chi connectivity index (χ1v) is 5.08. The van der Waals surface area contributed by atoms with Crippen LogP contribution >= 0.6 is 15.9 Å². The van der Waals surface area contributed by atoms with Gasteiger partial charge in [0, 0.05) is 10.0 Å². The van der Waals surface area contributed by atoms with E-state index in [1.165, 1.54) is 0 Å². The number of rotatable bonds is 1. The van der Waals surface area contributed by atoms with Crippen LogP contribution in [-0.4, -0.2) is 18.3 Å². The fourth-order valence-electron chi connectivity index (χ4n) is 1.52. The summed E-state index contributed by atoms with van der Waals surface area (Å²) in [4.78, 5) is 0. The number of aryl methyl sites for hydroxylation is 1. The van der Waals surface area contributed by atoms with Gasteiger partial charge in [-0.3, -0.25) is 0 Å². The Morgan fingerprint density at radius 2 is 2.14 bits per heavy atom. The fraction of sp³-hybridized carbons (Fsp3) is 0.400. The highest BCUT2D eigenvalue weighted by Gasteiger charge is 2.40. The van der Waals surface area contributed by atoms with Crippen LogP contribution in [0.15, 0.2) is 16.6 Å². The largest absolute Gasteiger partial charge is 0.380 e. The Morgan fingerprint density at radius 1 is 1.50 bits per heavy atom. The molecule has 0 aliphatic carbocycles. The van der Waals surface area contributed by atoms with Crippen LogP contribution in [0.3, 0.4) is 0 Å². The number of hydrogen-bond acceptors (Lipinski definition) is 2. The molecule has 0 unspecified atom stereocenters. The zero-order valence-corrected chi connectivity index (χ0v) is 9.27. The smallest absolute Gasteiger partial charge is 0.139 e. The average Bonchev–Trinajstić information content (AvgIpc) is 2.07. The molecule has 2 rings (SSSR count). The van der Waals surface area contributed by atoms with Gasteiger partial charge < -0.3 is 9.84 Å². The van der Waals surface area contributed by atoms with E-state index in [9.17, 15) is 9.50 Å². The second kappa shape index (κ2) is 3.29. The molecule has 0 saturated carbocycles. The molecule has 1 aliphatic heterocycles. The van der Waals surface area contributed by atoms with E-state index in [1.807, 2.05) is 0 Å². The van der Waals surface area contributed by atoms with Crippen molar-refractivity contribution >= 4 is 15.9 Å². The van der Waals surface area contributed by atoms with E-state index < -0.39 is 5.60 Å². The minimum atomic E-state index is -1.14. The molecule has 76 valence electrons. The first kappa shape index (κ1) is 10.1. The standard InChI is InChI=1S/C10H10BrFO2/c1-6-2-7(11)3-8(9(6)12)10(13)4-14-5-10/h2-3,13H,4-5H2,1H3. The van der Waals surface area contributed by atoms with Gasteiger partial charge in [-0.2, -0.15) is 0 Å². The molecule has 0 spiro atoms. The maximum Gasteiger partial charge on any atom is 0.139 e. The van der Waals surface area contributed by atoms with Crippen molar-refractivity contribution < 1.29 is 14.2 Å². The van der Waals surface area contributed by atoms with Crippen LogP contribution in [0.25, 0.3) is 0 Å². The quantitative estimate of drug-likeness (QED) is 0.839. The summed E-state index contributed by atoms with van der Waals surface area (Å²) < 4.78 is 19.3. The van der Waals surface area contributed by atoms with Crippen LogP contribution in [0.2, 0.25) is 0 Å². The molecule has 0 radical (unpaired) electrons. The van der Waals surface area contributed by atoms with Crippen LogP contribution in [0.1, 0.15) is 11.1 Å². The van der Waals surface area contributed by atoms with Crippen LogP contribution in [-0.2, 0) is 10.3 Å². The van der Waals surface area contributed by atoms with Gasteiger partial charge in [-0.05, 0) is 24.6 Å². The molecular weight excluding hydrogens is 251 g/mol. The monoisotopic (exact) mass is 260 g/mol. The molecule has 1 heterocycles. The van der Waals surface area contributed by atoms with Crippen molar-refractivity contribution in [2.24, 2.45) is 0 Å². The van der Waals surface area contributed by atoms with E-state index in [0.29, 0.717) is 11.1 Å². The summed E-state index contributed by atoms with van der Waals surface area (Å²) in [7, 11) is 0. The number of ether oxygens (including phenoxy) is 1. The third-order valence-corrected chi connectivity index (χ3v) is 2.86. The summed E-state index contributed by atoms with van der Waals surface area (Å²) in [5.74, 6) is -0.348. The van der Waals surface area contributed by atoms with Gasteiger partial charge >= 0.3 is 0 Å². The van der Waals surface area contributed by atoms with E-state index in [1.54, 1.807) is 19.1 Å². The molecule has 0 aromatic heterocycles. The van der Waals surface area contributed by atoms with Gasteiger partial charge in [-0.25, -0.2) is 4.39 Å². The highest BCUT2D eigenvalue weighted by Crippen LogP contribution is 2.34. The first-order chi connectivity index (χ1) is 6.53. The summed E-state index contributed by atoms with van der Waals surface area (Å²) in [5.41, 5.74) is -0.302. The lowest BCUT2D eigenvalue weighted by Crippen LogP contribution is -2.47. The lowest BCUT2D eigenvalue weighted by atomic mass is 9.90. The summed E-state index contributed by atoms with van der Waals surface area (Å²) in [6.07, 6.45) is 0. The molecule has 2 nitrogen and oxygen atoms in total. The molecule has 0 bridgehead atoms. The average molecular weight is 261 g/mol. The van der Waals surface area contributed by atoms with Crippen molar-refractivity contribution in [2.75, 3.05) is 13.2 Å². The maximum absolute atomic E-state index is 13.7. The Labute approximate surface area is 89.8 Å². The third kappa shape index (κ3) is 1.47. The van der Waals surface area contributed by atoms with Crippen LogP contribution in [0.4, 0.5) is 4.39 Å². The van der Waals surface area contributed by atoms with Gasteiger partial charge in [0.25, 0.3) is 0 Å². The van der Waals surface area contributed by atoms with Crippen molar-refractivity contribution in [3.05, 3.63) is 33.5 Å². The molecule has 1 N–H and O–H groups in total. The lowest BCUT2D eigenvalue weighted by Gasteiger charge is -2.37. The second-order valence-electron chi connectivity index (χ2n) is 3.61. The van der Waals surface area contributed by atoms with Crippen molar-refractivity contribution in [3.63, 3.8) is 0 Å². The zero-order valence-electron chi connectivity index (χ0n) is 7.68. The normalized spacial score (nSPS) is 19.1. The summed E-state index contributed by atoms with van der Waals surface area (Å²) in [6.45, 7) is 2.01. The maximum atomic E-state index is 13.7. The number of hydrogen-bond donors (Lipinski definition) is 1. The van der Waals surface area contributed by atoms with Gasteiger partial charge in [0.15, 0.2) is 0 Å². The van der Waals surface area contributed by atoms with E-state index >= 15 is 0 Å². The first-order valence-electron chi connectivity index (χ1n) is 4.29. The molecule has 1 aromatic rings. The molecular formula is C10H10BrFO2. The van der Waals surface area contributed by atoms with E-state index in [0.717, 1.165) is 4.47 Å². The summed E-state index contributed by atoms with van der Waals surface area (Å²) in [6, 6.07) is 3.28. The third-order valence-electron chi connectivity index (χ3n) is 2.40. The Kier molecular flexibility index (Phi) is 2.37. The summed E-state index contributed by atoms with van der Waals surface area (Å²) >= 11 is 3.27. The Hall–Kier alpha value is -0.450. The molecule has 1 aliphatic rings. The van der Waals surface area contributed by atoms with Crippen LogP contribution in [0.5, 0.6) is 0 Å². The minimum Gasteiger partial charge on any atom is -0.380 e. The van der Waals surface area contributed by atoms with Gasteiger partial charge in [0.1, 0.15) is 11.4 Å². The Bertz CT molecular complexity index is 375. The Morgan fingerprint density at radius 3 is 2.64 bits per heavy atom. The predicted octanol–water partition coefficient (Wildman–Crippen LogP) is 2.11. The number of aliphatic hydroxyl groups is 1. The van der Waals surface area contributed by atoms with Crippen molar-refractivity contribution in [1.29, 1.82) is 0 Å². The molecule has 0 atom stereocenters. The Balaban J connectivity index is 2.51. The van der Waals surface area contributed by atoms with E-state index in [2.05, 4.69) is 15.9 Å². The van der Waals surface area contributed by atoms with Crippen molar-refractivity contribution in [3.8, 4) is 0 Å². The minimum absolute atomic E-state index is 0.166. The predicted molar refractivity (Wildman–Crippen MR) is 53.6 cm³/mol. The van der Waals surface area contributed by atoms with E-state index in [4.69, 9.17) is 4.74 Å². The molecule has 1 saturated heterocycles. The SMILES string of the molecule is Cc1cc(Br)cc(C2(O)COC2)c1F. The highest BCUT2D eigenvalue weighted by atomic mass is 79.9. The van der Waals surface area contributed by atoms with E-state index in [-0.39, 0.29) is 19.0 Å². The lowest BCUT2D eigenvalue weighted by molar-refractivity contribution is -0.186. The number of benzene rings is 1. The van der Waals surface area contributed by atoms with Gasteiger partial charge in [-0.1, -0.05) is 15.9 Å². The molecule has 1 aromatic carbocycles. The van der Waals surface area contributed by atoms with Crippen molar-refractivity contribution in [2.45, 2.75) is 12.5 Å². The van der Waals surface area contributed by atoms with Gasteiger partial charge in [-0.15, -0.1) is 0 Å². The van der Waals surface area contributed by atoms with Gasteiger partial charge in [0.2, 0.25) is 0 Å². The van der Waals surface area contributed by atoms with Crippen molar-refractivity contribution in [1.82, 2.24) is 0 Å². The number of halogens is 2.